The summed E-state index contributed by atoms with van der Waals surface area (Å²) in [6.07, 6.45) is 0. The van der Waals surface area contributed by atoms with Crippen molar-refractivity contribution in [1.82, 2.24) is 10.4 Å². The number of nitrogens with zero attached hydrogens (tertiary/aromatic N) is 2. The van der Waals surface area contributed by atoms with Crippen molar-refractivity contribution in [2.24, 2.45) is 0 Å². The number of carbonyl (C=O) groups excluding carboxylic acids is 1. The van der Waals surface area contributed by atoms with Crippen LogP contribution in [-0.4, -0.2) is 42.1 Å². The molecular weight excluding hydrogens is 288 g/mol. The van der Waals surface area contributed by atoms with Crippen LogP contribution in [0.4, 0.5) is 11.4 Å². The molecule has 1 aliphatic heterocycles. The maximum atomic E-state index is 12.1. The van der Waals surface area contributed by atoms with Gasteiger partial charge in [0.25, 0.3) is 11.6 Å². The quantitative estimate of drug-likeness (QED) is 0.485. The summed E-state index contributed by atoms with van der Waals surface area (Å²) in [5, 5.41) is 12.4. The summed E-state index contributed by atoms with van der Waals surface area (Å²) in [7, 11) is 0. The number of carbonyl (C=O) groups is 1. The fourth-order valence-electron chi connectivity index (χ4n) is 1.78. The van der Waals surface area contributed by atoms with Crippen LogP contribution in [-0.2, 0) is 4.74 Å². The van der Waals surface area contributed by atoms with Crippen molar-refractivity contribution in [2.45, 2.75) is 0 Å². The molecule has 0 aromatic heterocycles. The summed E-state index contributed by atoms with van der Waals surface area (Å²) < 4.78 is 5.15. The molecule has 0 bridgehead atoms. The van der Waals surface area contributed by atoms with Gasteiger partial charge in [-0.1, -0.05) is 11.6 Å². The predicted octanol–water partition coefficient (Wildman–Crippen LogP) is 0.807. The van der Waals surface area contributed by atoms with E-state index in [2.05, 4.69) is 5.43 Å². The third-order valence-electron chi connectivity index (χ3n) is 2.84. The van der Waals surface area contributed by atoms with Gasteiger partial charge >= 0.3 is 0 Å². The lowest BCUT2D eigenvalue weighted by molar-refractivity contribution is -0.384. The van der Waals surface area contributed by atoms with Crippen molar-refractivity contribution in [3.8, 4) is 0 Å². The zero-order valence-electron chi connectivity index (χ0n) is 10.5. The first-order chi connectivity index (χ1) is 9.49. The number of anilines is 1. The van der Waals surface area contributed by atoms with Crippen LogP contribution in [0.2, 0.25) is 5.02 Å². The Morgan fingerprint density at radius 3 is 2.70 bits per heavy atom. The molecule has 1 aliphatic rings. The normalized spacial score (nSPS) is 15.8. The van der Waals surface area contributed by atoms with E-state index in [4.69, 9.17) is 22.1 Å². The summed E-state index contributed by atoms with van der Waals surface area (Å²) in [5.74, 6) is -0.532. The van der Waals surface area contributed by atoms with Gasteiger partial charge in [0.1, 0.15) is 0 Å². The van der Waals surface area contributed by atoms with E-state index >= 15 is 0 Å². The van der Waals surface area contributed by atoms with Crippen LogP contribution in [0.5, 0.6) is 0 Å². The van der Waals surface area contributed by atoms with E-state index in [0.29, 0.717) is 26.3 Å². The number of hydrazine groups is 1. The van der Waals surface area contributed by atoms with E-state index < -0.39 is 10.8 Å². The van der Waals surface area contributed by atoms with E-state index in [9.17, 15) is 14.9 Å². The van der Waals surface area contributed by atoms with Crippen molar-refractivity contribution in [3.05, 3.63) is 32.8 Å². The highest BCUT2D eigenvalue weighted by Gasteiger charge is 2.21. The minimum atomic E-state index is -0.628. The molecule has 0 saturated carbocycles. The standard InChI is InChI=1S/C11H13ClN4O4/c12-9-6-7(16(18)19)5-8(10(9)13)11(17)14-15-1-3-20-4-2-15/h5-6H,1-4,13H2,(H,14,17). The molecule has 1 aromatic carbocycles. The van der Waals surface area contributed by atoms with Crippen molar-refractivity contribution in [2.75, 3.05) is 32.0 Å². The Morgan fingerprint density at radius 2 is 2.10 bits per heavy atom. The average Bonchev–Trinajstić information content (AvgIpc) is 2.42. The molecule has 20 heavy (non-hydrogen) atoms. The summed E-state index contributed by atoms with van der Waals surface area (Å²) in [6.45, 7) is 2.08. The Labute approximate surface area is 119 Å². The fourth-order valence-corrected chi connectivity index (χ4v) is 1.99. The largest absolute Gasteiger partial charge is 0.397 e. The smallest absolute Gasteiger partial charge is 0.271 e. The summed E-state index contributed by atoms with van der Waals surface area (Å²) in [4.78, 5) is 22.3. The number of nitro benzene ring substituents is 1. The van der Waals surface area contributed by atoms with Crippen LogP contribution in [0.25, 0.3) is 0 Å². The number of nitrogens with two attached hydrogens (primary N) is 1. The number of hydrogen-bond donors (Lipinski definition) is 2. The lowest BCUT2D eigenvalue weighted by Crippen LogP contribution is -2.48. The van der Waals surface area contributed by atoms with Gasteiger partial charge in [0.15, 0.2) is 0 Å². The minimum absolute atomic E-state index is 0.0167. The third-order valence-corrected chi connectivity index (χ3v) is 3.15. The number of non-ortho nitro benzene ring substituents is 1. The molecule has 108 valence electrons. The van der Waals surface area contributed by atoms with Gasteiger partial charge in [-0.2, -0.15) is 0 Å². The first-order valence-corrected chi connectivity index (χ1v) is 6.24. The molecule has 8 nitrogen and oxygen atoms in total. The minimum Gasteiger partial charge on any atom is -0.397 e. The number of hydrogen-bond acceptors (Lipinski definition) is 6. The maximum absolute atomic E-state index is 12.1. The molecule has 9 heteroatoms. The highest BCUT2D eigenvalue weighted by molar-refractivity contribution is 6.34. The second kappa shape index (κ2) is 6.04. The van der Waals surface area contributed by atoms with Crippen LogP contribution in [0.1, 0.15) is 10.4 Å². The molecule has 1 fully saturated rings. The monoisotopic (exact) mass is 300 g/mol. The van der Waals surface area contributed by atoms with E-state index in [-0.39, 0.29) is 22.0 Å². The highest BCUT2D eigenvalue weighted by atomic mass is 35.5. The van der Waals surface area contributed by atoms with Crippen LogP contribution in [0, 0.1) is 10.1 Å². The highest BCUT2D eigenvalue weighted by Crippen LogP contribution is 2.28. The zero-order valence-corrected chi connectivity index (χ0v) is 11.2. The van der Waals surface area contributed by atoms with Gasteiger partial charge in [0.2, 0.25) is 0 Å². The Morgan fingerprint density at radius 1 is 1.45 bits per heavy atom. The summed E-state index contributed by atoms with van der Waals surface area (Å²) in [6, 6.07) is 2.22. The number of amides is 1. The van der Waals surface area contributed by atoms with E-state index in [1.54, 1.807) is 5.01 Å². The van der Waals surface area contributed by atoms with Crippen molar-refractivity contribution < 1.29 is 14.5 Å². The molecule has 0 atom stereocenters. The first kappa shape index (κ1) is 14.5. The molecule has 1 aromatic rings. The summed E-state index contributed by atoms with van der Waals surface area (Å²) in [5.41, 5.74) is 8.04. The van der Waals surface area contributed by atoms with Gasteiger partial charge < -0.3 is 10.5 Å². The topological polar surface area (TPSA) is 111 Å². The van der Waals surface area contributed by atoms with Crippen LogP contribution in [0.3, 0.4) is 0 Å². The second-order valence-corrected chi connectivity index (χ2v) is 4.59. The first-order valence-electron chi connectivity index (χ1n) is 5.86. The lowest BCUT2D eigenvalue weighted by atomic mass is 10.1. The number of benzene rings is 1. The van der Waals surface area contributed by atoms with Crippen molar-refractivity contribution in [1.29, 1.82) is 0 Å². The second-order valence-electron chi connectivity index (χ2n) is 4.19. The van der Waals surface area contributed by atoms with Gasteiger partial charge in [-0.15, -0.1) is 0 Å². The summed E-state index contributed by atoms with van der Waals surface area (Å²) >= 11 is 5.81. The van der Waals surface area contributed by atoms with Gasteiger partial charge in [-0.3, -0.25) is 20.3 Å². The van der Waals surface area contributed by atoms with Gasteiger partial charge in [-0.25, -0.2) is 5.01 Å². The number of nitro groups is 1. The number of rotatable bonds is 3. The molecule has 1 saturated heterocycles. The molecule has 0 spiro atoms. The molecule has 3 N–H and O–H groups in total. The molecule has 0 unspecified atom stereocenters. The lowest BCUT2D eigenvalue weighted by Gasteiger charge is -2.27. The molecule has 1 heterocycles. The van der Waals surface area contributed by atoms with Crippen molar-refractivity contribution >= 4 is 28.9 Å². The number of ether oxygens (including phenoxy) is 1. The van der Waals surface area contributed by atoms with E-state index in [1.165, 1.54) is 0 Å². The molecule has 2 rings (SSSR count). The van der Waals surface area contributed by atoms with Gasteiger partial charge in [0.05, 0.1) is 34.4 Å². The number of nitrogens with one attached hydrogen (secondary N) is 1. The molecule has 0 aliphatic carbocycles. The van der Waals surface area contributed by atoms with Gasteiger partial charge in [-0.05, 0) is 0 Å². The Bertz CT molecular complexity index is 545. The van der Waals surface area contributed by atoms with Crippen LogP contribution < -0.4 is 11.2 Å². The number of morpholine rings is 1. The molecule has 1 amide bonds. The van der Waals surface area contributed by atoms with Crippen molar-refractivity contribution in [3.63, 3.8) is 0 Å². The number of nitrogen functional groups attached to an aromatic ring is 1. The van der Waals surface area contributed by atoms with E-state index in [1.807, 2.05) is 0 Å². The SMILES string of the molecule is Nc1c(Cl)cc([N+](=O)[O-])cc1C(=O)NN1CCOCC1. The molecular formula is C11H13ClN4O4. The Balaban J connectivity index is 2.21. The predicted molar refractivity (Wildman–Crippen MR) is 72.4 cm³/mol. The third kappa shape index (κ3) is 3.16. The van der Waals surface area contributed by atoms with Crippen LogP contribution in [0.15, 0.2) is 12.1 Å². The maximum Gasteiger partial charge on any atom is 0.271 e. The number of halogens is 1. The Hall–Kier alpha value is -1.90. The molecule has 0 radical (unpaired) electrons. The zero-order chi connectivity index (χ0) is 14.7. The Kier molecular flexibility index (Phi) is 4.38. The average molecular weight is 301 g/mol. The fraction of sp³-hybridized carbons (Fsp3) is 0.364. The van der Waals surface area contributed by atoms with Crippen LogP contribution >= 0.6 is 11.6 Å². The van der Waals surface area contributed by atoms with Gasteiger partial charge in [0, 0.05) is 25.2 Å². The van der Waals surface area contributed by atoms with E-state index in [0.717, 1.165) is 12.1 Å².